The molecule has 1 heterocycles. The molecule has 0 saturated carbocycles. The monoisotopic (exact) mass is 368 g/mol. The summed E-state index contributed by atoms with van der Waals surface area (Å²) in [6, 6.07) is 14.9. The van der Waals surface area contributed by atoms with Crippen molar-refractivity contribution in [1.82, 2.24) is 5.32 Å². The number of carbonyl (C=O) groups excluding carboxylic acids is 2. The van der Waals surface area contributed by atoms with E-state index >= 15 is 0 Å². The zero-order valence-electron chi connectivity index (χ0n) is 15.8. The number of nitrogens with zero attached hydrogens (tertiary/aromatic N) is 1. The topological polar surface area (TPSA) is 67.9 Å². The van der Waals surface area contributed by atoms with E-state index in [-0.39, 0.29) is 24.3 Å². The van der Waals surface area contributed by atoms with Crippen LogP contribution in [-0.2, 0) is 9.59 Å². The van der Waals surface area contributed by atoms with Gasteiger partial charge in [-0.25, -0.2) is 0 Å². The highest BCUT2D eigenvalue weighted by Gasteiger charge is 2.36. The minimum absolute atomic E-state index is 0.0917. The van der Waals surface area contributed by atoms with Crippen molar-refractivity contribution in [3.63, 3.8) is 0 Å². The van der Waals surface area contributed by atoms with E-state index in [0.29, 0.717) is 23.7 Å². The Morgan fingerprint density at radius 2 is 1.89 bits per heavy atom. The quantitative estimate of drug-likeness (QED) is 0.851. The number of amides is 2. The molecule has 1 N–H and O–H groups in total. The zero-order chi connectivity index (χ0) is 19.4. The number of benzene rings is 2. The summed E-state index contributed by atoms with van der Waals surface area (Å²) in [5, 5.41) is 3.01. The molecule has 0 spiro atoms. The molecule has 1 aliphatic heterocycles. The van der Waals surface area contributed by atoms with Gasteiger partial charge in [0.05, 0.1) is 31.9 Å². The van der Waals surface area contributed by atoms with E-state index in [1.807, 2.05) is 37.3 Å². The first-order valence-electron chi connectivity index (χ1n) is 8.91. The molecule has 1 saturated heterocycles. The minimum atomic E-state index is -0.393. The highest BCUT2D eigenvalue weighted by molar-refractivity contribution is 6.01. The Balaban J connectivity index is 1.71. The van der Waals surface area contributed by atoms with Gasteiger partial charge in [-0.2, -0.15) is 0 Å². The van der Waals surface area contributed by atoms with Gasteiger partial charge in [-0.15, -0.1) is 0 Å². The SMILES string of the molecule is COc1ccc(N2CC(C(=O)NC(C)c3ccccc3)CC2=O)c(OC)c1. The van der Waals surface area contributed by atoms with E-state index in [4.69, 9.17) is 9.47 Å². The lowest BCUT2D eigenvalue weighted by Gasteiger charge is -2.21. The van der Waals surface area contributed by atoms with Crippen molar-refractivity contribution >= 4 is 17.5 Å². The molecule has 2 unspecified atom stereocenters. The molecule has 6 heteroatoms. The predicted molar refractivity (Wildman–Crippen MR) is 103 cm³/mol. The van der Waals surface area contributed by atoms with E-state index < -0.39 is 5.92 Å². The van der Waals surface area contributed by atoms with Crippen LogP contribution in [0.25, 0.3) is 0 Å². The van der Waals surface area contributed by atoms with Gasteiger partial charge in [-0.05, 0) is 24.6 Å². The van der Waals surface area contributed by atoms with Crippen molar-refractivity contribution in [2.75, 3.05) is 25.7 Å². The second-order valence-electron chi connectivity index (χ2n) is 6.58. The van der Waals surface area contributed by atoms with Crippen molar-refractivity contribution in [2.45, 2.75) is 19.4 Å². The number of methoxy groups -OCH3 is 2. The molecule has 0 aliphatic carbocycles. The van der Waals surface area contributed by atoms with Crippen molar-refractivity contribution in [1.29, 1.82) is 0 Å². The highest BCUT2D eigenvalue weighted by Crippen LogP contribution is 2.35. The summed E-state index contributed by atoms with van der Waals surface area (Å²) >= 11 is 0. The molecule has 2 amide bonds. The Hall–Kier alpha value is -3.02. The van der Waals surface area contributed by atoms with Crippen molar-refractivity contribution in [2.24, 2.45) is 5.92 Å². The van der Waals surface area contributed by atoms with Gasteiger partial charge in [0.1, 0.15) is 11.5 Å². The van der Waals surface area contributed by atoms with E-state index in [0.717, 1.165) is 5.56 Å². The lowest BCUT2D eigenvalue weighted by molar-refractivity contribution is -0.126. The van der Waals surface area contributed by atoms with Crippen LogP contribution in [0.1, 0.15) is 24.9 Å². The summed E-state index contributed by atoms with van der Waals surface area (Å²) in [7, 11) is 3.12. The summed E-state index contributed by atoms with van der Waals surface area (Å²) in [6.07, 6.45) is 0.183. The largest absolute Gasteiger partial charge is 0.497 e. The number of nitrogens with one attached hydrogen (secondary N) is 1. The Morgan fingerprint density at radius 1 is 1.15 bits per heavy atom. The molecule has 6 nitrogen and oxygen atoms in total. The summed E-state index contributed by atoms with van der Waals surface area (Å²) in [5.41, 5.74) is 1.68. The number of carbonyl (C=O) groups is 2. The van der Waals surface area contributed by atoms with Crippen LogP contribution in [0.3, 0.4) is 0 Å². The summed E-state index contributed by atoms with van der Waals surface area (Å²) in [5.74, 6) is 0.589. The summed E-state index contributed by atoms with van der Waals surface area (Å²) in [6.45, 7) is 2.27. The van der Waals surface area contributed by atoms with Crippen molar-refractivity contribution < 1.29 is 19.1 Å². The van der Waals surface area contributed by atoms with Gasteiger partial charge in [0.2, 0.25) is 11.8 Å². The Kier molecular flexibility index (Phi) is 5.64. The molecule has 27 heavy (non-hydrogen) atoms. The van der Waals surface area contributed by atoms with Gasteiger partial charge in [0, 0.05) is 19.0 Å². The maximum atomic E-state index is 12.7. The van der Waals surface area contributed by atoms with Gasteiger partial charge >= 0.3 is 0 Å². The molecule has 2 atom stereocenters. The van der Waals surface area contributed by atoms with Crippen LogP contribution in [-0.4, -0.2) is 32.6 Å². The molecular formula is C21H24N2O4. The molecule has 2 aromatic rings. The second-order valence-corrected chi connectivity index (χ2v) is 6.58. The fraction of sp³-hybridized carbons (Fsp3) is 0.333. The number of anilines is 1. The van der Waals surface area contributed by atoms with E-state index in [1.54, 1.807) is 37.3 Å². The third kappa shape index (κ3) is 4.05. The molecule has 0 aromatic heterocycles. The molecular weight excluding hydrogens is 344 g/mol. The third-order valence-corrected chi connectivity index (χ3v) is 4.83. The Morgan fingerprint density at radius 3 is 2.56 bits per heavy atom. The van der Waals surface area contributed by atoms with Crippen LogP contribution in [0.15, 0.2) is 48.5 Å². The lowest BCUT2D eigenvalue weighted by Crippen LogP contribution is -2.34. The summed E-state index contributed by atoms with van der Waals surface area (Å²) < 4.78 is 10.6. The van der Waals surface area contributed by atoms with E-state index in [2.05, 4.69) is 5.32 Å². The molecule has 0 radical (unpaired) electrons. The standard InChI is InChI=1S/C21H24N2O4/c1-14(15-7-5-4-6-8-15)22-21(25)16-11-20(24)23(13-16)18-10-9-17(26-2)12-19(18)27-3/h4-10,12,14,16H,11,13H2,1-3H3,(H,22,25). The zero-order valence-corrected chi connectivity index (χ0v) is 15.8. The van der Waals surface area contributed by atoms with Crippen LogP contribution in [0, 0.1) is 5.92 Å². The van der Waals surface area contributed by atoms with Crippen LogP contribution >= 0.6 is 0 Å². The minimum Gasteiger partial charge on any atom is -0.497 e. The maximum Gasteiger partial charge on any atom is 0.227 e. The van der Waals surface area contributed by atoms with E-state index in [1.165, 1.54) is 0 Å². The number of hydrogen-bond donors (Lipinski definition) is 1. The smallest absolute Gasteiger partial charge is 0.227 e. The molecule has 142 valence electrons. The molecule has 2 aromatic carbocycles. The predicted octanol–water partition coefficient (Wildman–Crippen LogP) is 2.93. The van der Waals surface area contributed by atoms with E-state index in [9.17, 15) is 9.59 Å². The Labute approximate surface area is 159 Å². The summed E-state index contributed by atoms with van der Waals surface area (Å²) in [4.78, 5) is 26.8. The average Bonchev–Trinajstić information content (AvgIpc) is 3.09. The first-order chi connectivity index (χ1) is 13.0. The van der Waals surface area contributed by atoms with Crippen LogP contribution in [0.5, 0.6) is 11.5 Å². The lowest BCUT2D eigenvalue weighted by atomic mass is 10.1. The van der Waals surface area contributed by atoms with Gasteiger partial charge in [-0.3, -0.25) is 9.59 Å². The molecule has 0 bridgehead atoms. The van der Waals surface area contributed by atoms with Crippen molar-refractivity contribution in [3.8, 4) is 11.5 Å². The van der Waals surface area contributed by atoms with Crippen LogP contribution < -0.4 is 19.7 Å². The second kappa shape index (κ2) is 8.12. The average molecular weight is 368 g/mol. The fourth-order valence-corrected chi connectivity index (χ4v) is 3.28. The molecule has 3 rings (SSSR count). The molecule has 1 aliphatic rings. The number of ether oxygens (including phenoxy) is 2. The van der Waals surface area contributed by atoms with Gasteiger partial charge in [0.25, 0.3) is 0 Å². The van der Waals surface area contributed by atoms with Crippen LogP contribution in [0.4, 0.5) is 5.69 Å². The van der Waals surface area contributed by atoms with Gasteiger partial charge in [0.15, 0.2) is 0 Å². The first-order valence-corrected chi connectivity index (χ1v) is 8.91. The first kappa shape index (κ1) is 18.8. The molecule has 1 fully saturated rings. The number of rotatable bonds is 6. The maximum absolute atomic E-state index is 12.7. The van der Waals surface area contributed by atoms with Crippen molar-refractivity contribution in [3.05, 3.63) is 54.1 Å². The van der Waals surface area contributed by atoms with Gasteiger partial charge < -0.3 is 19.7 Å². The Bertz CT molecular complexity index is 822. The third-order valence-electron chi connectivity index (χ3n) is 4.83. The van der Waals surface area contributed by atoms with Gasteiger partial charge in [-0.1, -0.05) is 30.3 Å². The normalized spacial score (nSPS) is 17.5. The fourth-order valence-electron chi connectivity index (χ4n) is 3.28. The highest BCUT2D eigenvalue weighted by atomic mass is 16.5. The number of hydrogen-bond acceptors (Lipinski definition) is 4. The van der Waals surface area contributed by atoms with Crippen LogP contribution in [0.2, 0.25) is 0 Å².